The number of nitrogens with zero attached hydrogens (tertiary/aromatic N) is 1. The number of carbonyl (C=O) groups excluding carboxylic acids is 1. The number of nitrogens with two attached hydrogens (primary N) is 1. The van der Waals surface area contributed by atoms with Crippen molar-refractivity contribution in [3.8, 4) is 0 Å². The van der Waals surface area contributed by atoms with Crippen LogP contribution >= 0.6 is 0 Å². The van der Waals surface area contributed by atoms with Gasteiger partial charge in [0.2, 0.25) is 5.91 Å². The molecule has 0 fully saturated rings. The Labute approximate surface area is 102 Å². The summed E-state index contributed by atoms with van der Waals surface area (Å²) < 4.78 is 0. The molecule has 0 saturated heterocycles. The Hall–Kier alpha value is -1.36. The van der Waals surface area contributed by atoms with E-state index in [0.717, 1.165) is 25.1 Å². The van der Waals surface area contributed by atoms with Crippen LogP contribution in [0.3, 0.4) is 0 Å². The second-order valence-corrected chi connectivity index (χ2v) is 4.24. The van der Waals surface area contributed by atoms with Crippen LogP contribution in [0.5, 0.6) is 0 Å². The van der Waals surface area contributed by atoms with Gasteiger partial charge in [0.1, 0.15) is 0 Å². The summed E-state index contributed by atoms with van der Waals surface area (Å²) in [5, 5.41) is 2.86. The molecule has 1 atom stereocenters. The Morgan fingerprint density at radius 2 is 2.35 bits per heavy atom. The van der Waals surface area contributed by atoms with E-state index >= 15 is 0 Å². The van der Waals surface area contributed by atoms with Crippen LogP contribution in [0.25, 0.3) is 0 Å². The van der Waals surface area contributed by atoms with Gasteiger partial charge in [-0.05, 0) is 6.42 Å². The number of aromatic nitrogens is 2. The van der Waals surface area contributed by atoms with Gasteiger partial charge in [-0.25, -0.2) is 4.98 Å². The molecule has 0 aliphatic heterocycles. The highest BCUT2D eigenvalue weighted by molar-refractivity contribution is 5.81. The molecule has 0 aromatic carbocycles. The van der Waals surface area contributed by atoms with Crippen molar-refractivity contribution in [1.82, 2.24) is 15.3 Å². The third-order valence-electron chi connectivity index (χ3n) is 2.66. The van der Waals surface area contributed by atoms with Crippen LogP contribution < -0.4 is 11.1 Å². The number of aromatic amines is 1. The monoisotopic (exact) mass is 238 g/mol. The minimum absolute atomic E-state index is 0.0869. The third-order valence-corrected chi connectivity index (χ3v) is 2.66. The molecule has 0 aliphatic rings. The molecular formula is C12H22N4O. The molecule has 1 aromatic rings. The van der Waals surface area contributed by atoms with E-state index in [1.54, 1.807) is 12.5 Å². The Bertz CT molecular complexity index is 310. The summed E-state index contributed by atoms with van der Waals surface area (Å²) in [6.45, 7) is 2.88. The van der Waals surface area contributed by atoms with Gasteiger partial charge in [-0.1, -0.05) is 26.2 Å². The van der Waals surface area contributed by atoms with Crippen LogP contribution in [0.2, 0.25) is 0 Å². The molecule has 1 amide bonds. The van der Waals surface area contributed by atoms with E-state index in [2.05, 4.69) is 22.2 Å². The Morgan fingerprint density at radius 1 is 1.53 bits per heavy atom. The van der Waals surface area contributed by atoms with Gasteiger partial charge >= 0.3 is 0 Å². The first kappa shape index (κ1) is 13.7. The lowest BCUT2D eigenvalue weighted by atomic mass is 10.1. The van der Waals surface area contributed by atoms with E-state index in [4.69, 9.17) is 5.73 Å². The standard InChI is InChI=1S/C12H22N4O/c1-2-3-4-5-6-15-12(17)11(13)7-10-8-14-9-16-10/h8-9,11H,2-7,13H2,1H3,(H,14,16)(H,15,17). The van der Waals surface area contributed by atoms with Crippen molar-refractivity contribution < 1.29 is 4.79 Å². The zero-order valence-corrected chi connectivity index (χ0v) is 10.4. The SMILES string of the molecule is CCCCCCNC(=O)C(N)Cc1cnc[nH]1. The number of amides is 1. The summed E-state index contributed by atoms with van der Waals surface area (Å²) in [4.78, 5) is 18.5. The van der Waals surface area contributed by atoms with Gasteiger partial charge in [0.15, 0.2) is 0 Å². The van der Waals surface area contributed by atoms with Crippen LogP contribution in [0.15, 0.2) is 12.5 Å². The van der Waals surface area contributed by atoms with Gasteiger partial charge in [0.05, 0.1) is 12.4 Å². The third kappa shape index (κ3) is 5.49. The van der Waals surface area contributed by atoms with Crippen molar-refractivity contribution >= 4 is 5.91 Å². The molecule has 1 heterocycles. The number of imidazole rings is 1. The van der Waals surface area contributed by atoms with Gasteiger partial charge in [-0.15, -0.1) is 0 Å². The quantitative estimate of drug-likeness (QED) is 0.590. The Morgan fingerprint density at radius 3 is 3.00 bits per heavy atom. The molecule has 0 saturated carbocycles. The topological polar surface area (TPSA) is 83.8 Å². The zero-order valence-electron chi connectivity index (χ0n) is 10.4. The molecule has 1 unspecified atom stereocenters. The highest BCUT2D eigenvalue weighted by Gasteiger charge is 2.13. The molecule has 1 rings (SSSR count). The van der Waals surface area contributed by atoms with Crippen molar-refractivity contribution in [3.63, 3.8) is 0 Å². The molecule has 0 bridgehead atoms. The maximum absolute atomic E-state index is 11.6. The van der Waals surface area contributed by atoms with Crippen LogP contribution in [0, 0.1) is 0 Å². The number of rotatable bonds is 8. The lowest BCUT2D eigenvalue weighted by Gasteiger charge is -2.11. The highest BCUT2D eigenvalue weighted by Crippen LogP contribution is 1.98. The summed E-state index contributed by atoms with van der Waals surface area (Å²) in [7, 11) is 0. The maximum Gasteiger partial charge on any atom is 0.237 e. The smallest absolute Gasteiger partial charge is 0.237 e. The number of hydrogen-bond donors (Lipinski definition) is 3. The average molecular weight is 238 g/mol. The number of hydrogen-bond acceptors (Lipinski definition) is 3. The molecule has 5 heteroatoms. The number of nitrogens with one attached hydrogen (secondary N) is 2. The number of carbonyl (C=O) groups is 1. The predicted molar refractivity (Wildman–Crippen MR) is 67.4 cm³/mol. The fourth-order valence-corrected chi connectivity index (χ4v) is 1.62. The van der Waals surface area contributed by atoms with Gasteiger partial charge in [-0.3, -0.25) is 4.79 Å². The first-order chi connectivity index (χ1) is 8.24. The molecule has 0 aliphatic carbocycles. The molecule has 17 heavy (non-hydrogen) atoms. The van der Waals surface area contributed by atoms with E-state index in [9.17, 15) is 4.79 Å². The van der Waals surface area contributed by atoms with E-state index in [-0.39, 0.29) is 5.91 Å². The zero-order chi connectivity index (χ0) is 12.5. The van der Waals surface area contributed by atoms with Gasteiger partial charge in [-0.2, -0.15) is 0 Å². The number of H-pyrrole nitrogens is 1. The van der Waals surface area contributed by atoms with Crippen molar-refractivity contribution in [2.24, 2.45) is 5.73 Å². The summed E-state index contributed by atoms with van der Waals surface area (Å²) in [5.41, 5.74) is 6.68. The fourth-order valence-electron chi connectivity index (χ4n) is 1.62. The molecule has 0 spiro atoms. The molecular weight excluding hydrogens is 216 g/mol. The van der Waals surface area contributed by atoms with Crippen LogP contribution in [0.1, 0.15) is 38.3 Å². The van der Waals surface area contributed by atoms with Crippen LogP contribution in [-0.4, -0.2) is 28.5 Å². The van der Waals surface area contributed by atoms with Crippen molar-refractivity contribution in [3.05, 3.63) is 18.2 Å². The molecule has 0 radical (unpaired) electrons. The number of unbranched alkanes of at least 4 members (excludes halogenated alkanes) is 3. The van der Waals surface area contributed by atoms with Crippen LogP contribution in [0.4, 0.5) is 0 Å². The fraction of sp³-hybridized carbons (Fsp3) is 0.667. The molecule has 1 aromatic heterocycles. The van der Waals surface area contributed by atoms with Crippen molar-refractivity contribution in [2.75, 3.05) is 6.54 Å². The lowest BCUT2D eigenvalue weighted by molar-refractivity contribution is -0.122. The maximum atomic E-state index is 11.6. The minimum atomic E-state index is -0.498. The Balaban J connectivity index is 2.14. The van der Waals surface area contributed by atoms with Gasteiger partial charge in [0.25, 0.3) is 0 Å². The summed E-state index contributed by atoms with van der Waals surface area (Å²) >= 11 is 0. The minimum Gasteiger partial charge on any atom is -0.355 e. The second-order valence-electron chi connectivity index (χ2n) is 4.24. The van der Waals surface area contributed by atoms with E-state index in [0.29, 0.717) is 6.42 Å². The van der Waals surface area contributed by atoms with Crippen molar-refractivity contribution in [1.29, 1.82) is 0 Å². The van der Waals surface area contributed by atoms with Crippen LogP contribution in [-0.2, 0) is 11.2 Å². The normalized spacial score (nSPS) is 12.4. The Kier molecular flexibility index (Phi) is 6.32. The summed E-state index contributed by atoms with van der Waals surface area (Å²) in [5.74, 6) is -0.0869. The van der Waals surface area contributed by atoms with Gasteiger partial charge in [0, 0.05) is 24.9 Å². The first-order valence-corrected chi connectivity index (χ1v) is 6.24. The highest BCUT2D eigenvalue weighted by atomic mass is 16.2. The second kappa shape index (κ2) is 7.84. The van der Waals surface area contributed by atoms with E-state index in [1.807, 2.05) is 0 Å². The summed E-state index contributed by atoms with van der Waals surface area (Å²) in [6, 6.07) is -0.498. The largest absolute Gasteiger partial charge is 0.355 e. The first-order valence-electron chi connectivity index (χ1n) is 6.24. The summed E-state index contributed by atoms with van der Waals surface area (Å²) in [6.07, 6.45) is 8.38. The predicted octanol–water partition coefficient (Wildman–Crippen LogP) is 0.976. The molecule has 5 nitrogen and oxygen atoms in total. The van der Waals surface area contributed by atoms with E-state index in [1.165, 1.54) is 12.8 Å². The molecule has 4 N–H and O–H groups in total. The molecule has 96 valence electrons. The van der Waals surface area contributed by atoms with Crippen molar-refractivity contribution in [2.45, 2.75) is 45.1 Å². The average Bonchev–Trinajstić information content (AvgIpc) is 2.81. The van der Waals surface area contributed by atoms with Gasteiger partial charge < -0.3 is 16.0 Å². The lowest BCUT2D eigenvalue weighted by Crippen LogP contribution is -2.42. The van der Waals surface area contributed by atoms with E-state index < -0.39 is 6.04 Å².